The predicted molar refractivity (Wildman–Crippen MR) is 93.1 cm³/mol. The summed E-state index contributed by atoms with van der Waals surface area (Å²) >= 11 is 1.30. The molecule has 116 valence electrons. The van der Waals surface area contributed by atoms with Crippen molar-refractivity contribution in [3.05, 3.63) is 59.2 Å². The Hall–Kier alpha value is -2.40. The number of thioether (sulfide) groups is 1. The van der Waals surface area contributed by atoms with E-state index in [1.165, 1.54) is 23.7 Å². The zero-order valence-electron chi connectivity index (χ0n) is 13.2. The number of rotatable bonds is 2. The van der Waals surface area contributed by atoms with E-state index in [0.29, 0.717) is 16.3 Å². The molecular formula is C18H16N2O2S. The summed E-state index contributed by atoms with van der Waals surface area (Å²) in [6, 6.07) is 13.1. The van der Waals surface area contributed by atoms with Gasteiger partial charge in [-0.25, -0.2) is 0 Å². The molecule has 0 radical (unpaired) electrons. The molecule has 1 heterocycles. The second-order valence-electron chi connectivity index (χ2n) is 5.45. The van der Waals surface area contributed by atoms with Gasteiger partial charge in [0.25, 0.3) is 0 Å². The van der Waals surface area contributed by atoms with E-state index in [-0.39, 0.29) is 11.7 Å². The number of ketones is 1. The topological polar surface area (TPSA) is 49.7 Å². The lowest BCUT2D eigenvalue weighted by Crippen LogP contribution is -2.25. The fourth-order valence-corrected chi connectivity index (χ4v) is 3.45. The van der Waals surface area contributed by atoms with Gasteiger partial charge in [0.1, 0.15) is 0 Å². The molecule has 0 bridgehead atoms. The van der Waals surface area contributed by atoms with Crippen LogP contribution in [0.15, 0.2) is 52.5 Å². The van der Waals surface area contributed by atoms with E-state index >= 15 is 0 Å². The smallest absolute Gasteiger partial charge is 0.244 e. The summed E-state index contributed by atoms with van der Waals surface area (Å²) in [5.74, 6) is -0.365. The maximum atomic E-state index is 12.4. The van der Waals surface area contributed by atoms with Gasteiger partial charge in [-0.2, -0.15) is 10.1 Å². The normalized spacial score (nSPS) is 14.9. The number of nitrogens with zero attached hydrogens (tertiary/aromatic N) is 2. The summed E-state index contributed by atoms with van der Waals surface area (Å²) in [5, 5.41) is 5.97. The maximum absolute atomic E-state index is 12.4. The van der Waals surface area contributed by atoms with Gasteiger partial charge in [0.15, 0.2) is 5.04 Å². The summed E-state index contributed by atoms with van der Waals surface area (Å²) in [4.78, 5) is 25.4. The van der Waals surface area contributed by atoms with Crippen LogP contribution < -0.4 is 5.01 Å². The molecule has 1 amide bonds. The van der Waals surface area contributed by atoms with E-state index in [2.05, 4.69) is 5.10 Å². The zero-order chi connectivity index (χ0) is 16.6. The molecule has 0 aliphatic carbocycles. The lowest BCUT2D eigenvalue weighted by atomic mass is 10.1. The van der Waals surface area contributed by atoms with Gasteiger partial charge in [0.05, 0.1) is 5.69 Å². The Bertz CT molecular complexity index is 843. The van der Waals surface area contributed by atoms with E-state index in [9.17, 15) is 9.59 Å². The number of carbonyl (C=O) groups is 2. The number of carbonyl (C=O) groups excluding carboxylic acids is 2. The fraction of sp³-hybridized carbons (Fsp3) is 0.167. The first-order chi connectivity index (χ1) is 11.0. The molecule has 2 aromatic rings. The highest BCUT2D eigenvalue weighted by molar-refractivity contribution is 8.16. The van der Waals surface area contributed by atoms with Gasteiger partial charge in [-0.15, -0.1) is 0 Å². The molecule has 0 saturated carbocycles. The van der Waals surface area contributed by atoms with Gasteiger partial charge in [0, 0.05) is 17.4 Å². The molecule has 0 atom stereocenters. The molecule has 2 aromatic carbocycles. The van der Waals surface area contributed by atoms with Crippen LogP contribution in [-0.2, 0) is 4.79 Å². The molecule has 0 saturated heterocycles. The molecule has 0 N–H and O–H groups in total. The van der Waals surface area contributed by atoms with Crippen molar-refractivity contribution in [2.24, 2.45) is 5.10 Å². The first-order valence-electron chi connectivity index (χ1n) is 7.25. The largest absolute Gasteiger partial charge is 0.286 e. The van der Waals surface area contributed by atoms with Crippen molar-refractivity contribution in [3.8, 4) is 0 Å². The molecule has 1 aliphatic heterocycles. The molecular weight excluding hydrogens is 308 g/mol. The van der Waals surface area contributed by atoms with Crippen molar-refractivity contribution in [1.29, 1.82) is 0 Å². The first-order valence-corrected chi connectivity index (χ1v) is 8.07. The van der Waals surface area contributed by atoms with Gasteiger partial charge in [-0.1, -0.05) is 41.6 Å². The number of Topliss-reactive ketones (excluding diaryl/α,β-unsaturated/α-hetero) is 1. The third-order valence-electron chi connectivity index (χ3n) is 3.60. The summed E-state index contributed by atoms with van der Waals surface area (Å²) in [6.07, 6.45) is 0. The highest BCUT2D eigenvalue weighted by Crippen LogP contribution is 2.34. The fourth-order valence-electron chi connectivity index (χ4n) is 2.50. The summed E-state index contributed by atoms with van der Waals surface area (Å²) in [5.41, 5.74) is 3.39. The Morgan fingerprint density at radius 2 is 1.87 bits per heavy atom. The van der Waals surface area contributed by atoms with Crippen LogP contribution >= 0.6 is 11.8 Å². The Morgan fingerprint density at radius 1 is 1.13 bits per heavy atom. The molecule has 5 heteroatoms. The monoisotopic (exact) mass is 324 g/mol. The lowest BCUT2D eigenvalue weighted by molar-refractivity contribution is -0.116. The minimum atomic E-state index is -0.228. The number of hydrogen-bond acceptors (Lipinski definition) is 4. The standard InChI is InChI=1S/C18H16N2O2S/c1-11-8-9-15(12(2)10-11)20(13(3)21)19-18-17(22)14-6-4-5-7-16(14)23-18/h4-10H,1-3H3/b19-18+. The number of fused-ring (bicyclic) bond motifs is 1. The summed E-state index contributed by atoms with van der Waals surface area (Å²) < 4.78 is 0. The number of benzene rings is 2. The van der Waals surface area contributed by atoms with Crippen molar-refractivity contribution >= 4 is 34.2 Å². The molecule has 23 heavy (non-hydrogen) atoms. The van der Waals surface area contributed by atoms with Crippen LogP contribution in [0.4, 0.5) is 5.69 Å². The molecule has 4 nitrogen and oxygen atoms in total. The quantitative estimate of drug-likeness (QED) is 0.786. The van der Waals surface area contributed by atoms with Crippen LogP contribution in [0.25, 0.3) is 0 Å². The highest BCUT2D eigenvalue weighted by Gasteiger charge is 2.29. The minimum Gasteiger partial charge on any atom is -0.286 e. The van der Waals surface area contributed by atoms with Crippen LogP contribution in [0.1, 0.15) is 28.4 Å². The van der Waals surface area contributed by atoms with E-state index in [4.69, 9.17) is 0 Å². The van der Waals surface area contributed by atoms with Crippen molar-refractivity contribution in [2.45, 2.75) is 25.7 Å². The van der Waals surface area contributed by atoms with Gasteiger partial charge in [-0.05, 0) is 37.6 Å². The third-order valence-corrected chi connectivity index (χ3v) is 4.64. The number of aryl methyl sites for hydroxylation is 2. The van der Waals surface area contributed by atoms with Gasteiger partial charge >= 0.3 is 0 Å². The number of anilines is 1. The maximum Gasteiger partial charge on any atom is 0.244 e. The molecule has 3 rings (SSSR count). The molecule has 1 aliphatic rings. The average Bonchev–Trinajstić information content (AvgIpc) is 2.82. The Morgan fingerprint density at radius 3 is 2.52 bits per heavy atom. The van der Waals surface area contributed by atoms with E-state index < -0.39 is 0 Å². The van der Waals surface area contributed by atoms with Gasteiger partial charge in [0.2, 0.25) is 11.7 Å². The Labute approximate surface area is 139 Å². The second-order valence-corrected chi connectivity index (χ2v) is 6.48. The van der Waals surface area contributed by atoms with Crippen molar-refractivity contribution < 1.29 is 9.59 Å². The number of hydrazone groups is 1. The Kier molecular flexibility index (Phi) is 4.05. The second kappa shape index (κ2) is 6.01. The Balaban J connectivity index is 2.01. The van der Waals surface area contributed by atoms with Gasteiger partial charge in [-0.3, -0.25) is 9.59 Å². The van der Waals surface area contributed by atoms with E-state index in [0.717, 1.165) is 16.0 Å². The van der Waals surface area contributed by atoms with Crippen LogP contribution in [0.5, 0.6) is 0 Å². The highest BCUT2D eigenvalue weighted by atomic mass is 32.2. The summed E-state index contributed by atoms with van der Waals surface area (Å²) in [7, 11) is 0. The van der Waals surface area contributed by atoms with Crippen molar-refractivity contribution in [1.82, 2.24) is 0 Å². The molecule has 0 aromatic heterocycles. The minimum absolute atomic E-state index is 0.137. The molecule has 0 spiro atoms. The lowest BCUT2D eigenvalue weighted by Gasteiger charge is -2.18. The predicted octanol–water partition coefficient (Wildman–Crippen LogP) is 3.96. The SMILES string of the molecule is CC(=O)N(/N=C1/Sc2ccccc2C1=O)c1ccc(C)cc1C. The molecule has 0 unspecified atom stereocenters. The van der Waals surface area contributed by atoms with Crippen LogP contribution in [0, 0.1) is 13.8 Å². The zero-order valence-corrected chi connectivity index (χ0v) is 14.0. The van der Waals surface area contributed by atoms with E-state index in [1.54, 1.807) is 6.07 Å². The van der Waals surface area contributed by atoms with Crippen LogP contribution in [0.3, 0.4) is 0 Å². The third kappa shape index (κ3) is 2.92. The van der Waals surface area contributed by atoms with Crippen LogP contribution in [0.2, 0.25) is 0 Å². The number of hydrogen-bond donors (Lipinski definition) is 0. The first kappa shape index (κ1) is 15.5. The van der Waals surface area contributed by atoms with Crippen molar-refractivity contribution in [2.75, 3.05) is 5.01 Å². The van der Waals surface area contributed by atoms with Gasteiger partial charge < -0.3 is 0 Å². The van der Waals surface area contributed by atoms with Crippen molar-refractivity contribution in [3.63, 3.8) is 0 Å². The number of amides is 1. The average molecular weight is 324 g/mol. The molecule has 0 fully saturated rings. The van der Waals surface area contributed by atoms with Crippen LogP contribution in [-0.4, -0.2) is 16.7 Å². The summed E-state index contributed by atoms with van der Waals surface area (Å²) in [6.45, 7) is 5.37. The van der Waals surface area contributed by atoms with E-state index in [1.807, 2.05) is 50.2 Å².